The highest BCUT2D eigenvalue weighted by Gasteiger charge is 2.52. The van der Waals surface area contributed by atoms with Crippen molar-refractivity contribution >= 4 is 14.4 Å². The van der Waals surface area contributed by atoms with Crippen molar-refractivity contribution < 1.29 is 19.1 Å². The van der Waals surface area contributed by atoms with Gasteiger partial charge in [-0.25, -0.2) is 0 Å². The SMILES string of the molecule is CC(C)([OH2+])C(C)(C)O[B]B1OC(C)(C)C(C)(C)O1. The summed E-state index contributed by atoms with van der Waals surface area (Å²) in [7, 11) is 1.07. The molecule has 0 aromatic heterocycles. The molecule has 6 heteroatoms. The Morgan fingerprint density at radius 2 is 1.39 bits per heavy atom. The third kappa shape index (κ3) is 3.10. The molecule has 1 aliphatic heterocycles. The predicted molar refractivity (Wildman–Crippen MR) is 74.7 cm³/mol. The third-order valence-electron chi connectivity index (χ3n) is 4.25. The maximum absolute atomic E-state index is 8.04. The van der Waals surface area contributed by atoms with E-state index in [1.165, 1.54) is 0 Å². The molecule has 1 aliphatic rings. The minimum absolute atomic E-state index is 0.363. The molecule has 0 aromatic rings. The zero-order valence-corrected chi connectivity index (χ0v) is 12.9. The van der Waals surface area contributed by atoms with Crippen molar-refractivity contribution in [3.63, 3.8) is 0 Å². The maximum atomic E-state index is 8.04. The van der Waals surface area contributed by atoms with Crippen molar-refractivity contribution in [1.82, 2.24) is 0 Å². The largest absolute Gasteiger partial charge is 0.439 e. The van der Waals surface area contributed by atoms with E-state index in [2.05, 4.69) is 0 Å². The van der Waals surface area contributed by atoms with Crippen LogP contribution in [0.4, 0.5) is 0 Å². The first-order valence-electron chi connectivity index (χ1n) is 6.40. The lowest BCUT2D eigenvalue weighted by molar-refractivity contribution is -0.0894. The van der Waals surface area contributed by atoms with Crippen LogP contribution in [0.3, 0.4) is 0 Å². The van der Waals surface area contributed by atoms with Crippen LogP contribution in [0.2, 0.25) is 0 Å². The average molecular weight is 256 g/mol. The topological polar surface area (TPSA) is 50.6 Å². The van der Waals surface area contributed by atoms with E-state index in [4.69, 9.17) is 19.1 Å². The molecule has 103 valence electrons. The summed E-state index contributed by atoms with van der Waals surface area (Å²) in [6.45, 7) is 15.4. The molecule has 1 radical (unpaired) electrons. The van der Waals surface area contributed by atoms with Crippen LogP contribution in [0.15, 0.2) is 0 Å². The molecule has 1 saturated heterocycles. The molecule has 0 amide bonds. The zero-order chi connectivity index (χ0) is 14.4. The lowest BCUT2D eigenvalue weighted by Crippen LogP contribution is -2.50. The highest BCUT2D eigenvalue weighted by atomic mass is 16.7. The van der Waals surface area contributed by atoms with E-state index >= 15 is 0 Å². The molecule has 0 unspecified atom stereocenters. The molecular formula is C12H26B2O4+. The number of rotatable bonds is 4. The molecule has 1 rings (SSSR count). The Bertz CT molecular complexity index is 292. The molecule has 18 heavy (non-hydrogen) atoms. The molecule has 1 heterocycles. The number of hydrogen-bond acceptors (Lipinski definition) is 3. The summed E-state index contributed by atoms with van der Waals surface area (Å²) in [6.07, 6.45) is 0. The summed E-state index contributed by atoms with van der Waals surface area (Å²) < 4.78 is 17.3. The van der Waals surface area contributed by atoms with Gasteiger partial charge in [-0.05, 0) is 41.5 Å². The maximum Gasteiger partial charge on any atom is 0.439 e. The number of hydrogen-bond donors (Lipinski definition) is 0. The molecular weight excluding hydrogens is 230 g/mol. The fourth-order valence-corrected chi connectivity index (χ4v) is 1.32. The second-order valence-corrected chi connectivity index (χ2v) is 7.01. The summed E-state index contributed by atoms with van der Waals surface area (Å²) in [6, 6.07) is 0. The van der Waals surface area contributed by atoms with Crippen molar-refractivity contribution in [2.24, 2.45) is 0 Å². The molecule has 4 nitrogen and oxygen atoms in total. The first-order chi connectivity index (χ1) is 7.79. The molecule has 1 fully saturated rings. The van der Waals surface area contributed by atoms with Crippen molar-refractivity contribution in [3.8, 4) is 0 Å². The van der Waals surface area contributed by atoms with E-state index in [0.717, 1.165) is 0 Å². The molecule has 0 spiro atoms. The van der Waals surface area contributed by atoms with Gasteiger partial charge in [0.1, 0.15) is 5.60 Å². The Morgan fingerprint density at radius 3 is 1.72 bits per heavy atom. The van der Waals surface area contributed by atoms with Gasteiger partial charge in [0, 0.05) is 13.8 Å². The van der Waals surface area contributed by atoms with Crippen molar-refractivity contribution in [1.29, 1.82) is 0 Å². The van der Waals surface area contributed by atoms with E-state index in [1.807, 2.05) is 55.4 Å². The van der Waals surface area contributed by atoms with Gasteiger partial charge in [-0.1, -0.05) is 0 Å². The summed E-state index contributed by atoms with van der Waals surface area (Å²) in [5.41, 5.74) is -2.03. The summed E-state index contributed by atoms with van der Waals surface area (Å²) in [5.74, 6) is 0. The van der Waals surface area contributed by atoms with Gasteiger partial charge in [0.25, 0.3) is 0 Å². The van der Waals surface area contributed by atoms with Crippen molar-refractivity contribution in [2.75, 3.05) is 0 Å². The van der Waals surface area contributed by atoms with Gasteiger partial charge in [-0.3, -0.25) is 0 Å². The smallest absolute Gasteiger partial charge is 0.439 e. The molecule has 0 aromatic carbocycles. The Kier molecular flexibility index (Phi) is 4.02. The summed E-state index contributed by atoms with van der Waals surface area (Å²) >= 11 is 0. The van der Waals surface area contributed by atoms with Crippen molar-refractivity contribution in [2.45, 2.75) is 77.8 Å². The van der Waals surface area contributed by atoms with Crippen LogP contribution in [0.25, 0.3) is 0 Å². The highest BCUT2D eigenvalue weighted by Crippen LogP contribution is 2.36. The fraction of sp³-hybridized carbons (Fsp3) is 1.00. The summed E-state index contributed by atoms with van der Waals surface area (Å²) in [5, 5.41) is 8.04. The van der Waals surface area contributed by atoms with Crippen LogP contribution in [-0.4, -0.2) is 41.9 Å². The normalized spacial score (nSPS) is 23.3. The van der Waals surface area contributed by atoms with Crippen LogP contribution < -0.4 is 0 Å². The van der Waals surface area contributed by atoms with Crippen LogP contribution in [0, 0.1) is 0 Å². The first kappa shape index (κ1) is 16.0. The molecule has 0 saturated carbocycles. The van der Waals surface area contributed by atoms with Crippen LogP contribution >= 0.6 is 0 Å². The fourth-order valence-electron chi connectivity index (χ4n) is 1.32. The summed E-state index contributed by atoms with van der Waals surface area (Å²) in [4.78, 5) is 0. The Balaban J connectivity index is 2.58. The second-order valence-electron chi connectivity index (χ2n) is 7.01. The van der Waals surface area contributed by atoms with E-state index < -0.39 is 18.2 Å². The van der Waals surface area contributed by atoms with E-state index in [9.17, 15) is 0 Å². The Morgan fingerprint density at radius 1 is 1.00 bits per heavy atom. The minimum atomic E-state index is -0.701. The van der Waals surface area contributed by atoms with Gasteiger partial charge in [0.2, 0.25) is 0 Å². The van der Waals surface area contributed by atoms with Crippen LogP contribution in [-0.2, 0) is 14.0 Å². The quantitative estimate of drug-likeness (QED) is 0.565. The van der Waals surface area contributed by atoms with Gasteiger partial charge in [-0.2, -0.15) is 0 Å². The van der Waals surface area contributed by atoms with Crippen LogP contribution in [0.5, 0.6) is 0 Å². The minimum Gasteiger partial charge on any atom is -0.439 e. The standard InChI is InChI=1S/C12H25B2O4/c1-9(2,15)10(3,4)16-13-14-17-11(5,6)12(7,8)18-14/h15H,1-8H3/p+1. The monoisotopic (exact) mass is 256 g/mol. The predicted octanol–water partition coefficient (Wildman–Crippen LogP) is 1.49. The van der Waals surface area contributed by atoms with Gasteiger partial charge in [0.05, 0.1) is 11.2 Å². The average Bonchev–Trinajstić information content (AvgIpc) is 2.30. The van der Waals surface area contributed by atoms with Crippen molar-refractivity contribution in [3.05, 3.63) is 0 Å². The molecule has 2 N–H and O–H groups in total. The van der Waals surface area contributed by atoms with Gasteiger partial charge < -0.3 is 19.1 Å². The lowest BCUT2D eigenvalue weighted by atomic mass is 9.55. The lowest BCUT2D eigenvalue weighted by Gasteiger charge is -2.33. The third-order valence-corrected chi connectivity index (χ3v) is 4.25. The molecule has 0 aliphatic carbocycles. The first-order valence-corrected chi connectivity index (χ1v) is 6.40. The van der Waals surface area contributed by atoms with E-state index in [0.29, 0.717) is 0 Å². The second kappa shape index (κ2) is 4.51. The molecule has 0 bridgehead atoms. The Labute approximate surface area is 112 Å². The van der Waals surface area contributed by atoms with E-state index in [1.54, 1.807) is 7.37 Å². The van der Waals surface area contributed by atoms with E-state index in [-0.39, 0.29) is 11.2 Å². The van der Waals surface area contributed by atoms with Gasteiger partial charge in [-0.15, -0.1) is 0 Å². The van der Waals surface area contributed by atoms with Crippen LogP contribution in [0.1, 0.15) is 55.4 Å². The Hall–Kier alpha value is -0.0301. The van der Waals surface area contributed by atoms with Gasteiger partial charge >= 0.3 is 14.4 Å². The zero-order valence-electron chi connectivity index (χ0n) is 12.9. The van der Waals surface area contributed by atoms with Gasteiger partial charge in [0.15, 0.2) is 5.60 Å². The highest BCUT2D eigenvalue weighted by molar-refractivity contribution is 7.03. The molecule has 0 atom stereocenters.